The van der Waals surface area contributed by atoms with Crippen molar-refractivity contribution in [1.82, 2.24) is 0 Å². The van der Waals surface area contributed by atoms with Gasteiger partial charge in [-0.3, -0.25) is 0 Å². The average molecular weight is 410 g/mol. The molecule has 0 bridgehead atoms. The van der Waals surface area contributed by atoms with E-state index >= 15 is 0 Å². The molecular formula is C22H25F3O4. The van der Waals surface area contributed by atoms with E-state index in [-0.39, 0.29) is 11.9 Å². The molecule has 0 aliphatic heterocycles. The van der Waals surface area contributed by atoms with Gasteiger partial charge in [-0.25, -0.2) is 4.79 Å². The maximum absolute atomic E-state index is 12.6. The number of alkyl halides is 3. The second-order valence-corrected chi connectivity index (χ2v) is 6.83. The maximum Gasteiger partial charge on any atom is 0.416 e. The van der Waals surface area contributed by atoms with E-state index in [4.69, 9.17) is 14.2 Å². The van der Waals surface area contributed by atoms with Gasteiger partial charge in [0.25, 0.3) is 0 Å². The Bertz CT molecular complexity index is 768. The fourth-order valence-corrected chi connectivity index (χ4v) is 2.52. The Balaban J connectivity index is 2.01. The SMILES string of the molecule is CCCCC(Oc1ccc(Oc2ccc(C(F)(F)F)cc2)cc1)C(=O)OC(C)C. The lowest BCUT2D eigenvalue weighted by Gasteiger charge is -2.19. The fraction of sp³-hybridized carbons (Fsp3) is 0.409. The molecule has 4 nitrogen and oxygen atoms in total. The number of esters is 1. The molecule has 0 aliphatic carbocycles. The van der Waals surface area contributed by atoms with E-state index in [0.29, 0.717) is 17.9 Å². The summed E-state index contributed by atoms with van der Waals surface area (Å²) >= 11 is 0. The van der Waals surface area contributed by atoms with Crippen molar-refractivity contribution in [1.29, 1.82) is 0 Å². The largest absolute Gasteiger partial charge is 0.479 e. The van der Waals surface area contributed by atoms with Gasteiger partial charge >= 0.3 is 12.1 Å². The first-order chi connectivity index (χ1) is 13.7. The number of ether oxygens (including phenoxy) is 3. The van der Waals surface area contributed by atoms with E-state index in [1.165, 1.54) is 12.1 Å². The van der Waals surface area contributed by atoms with Gasteiger partial charge in [-0.2, -0.15) is 13.2 Å². The molecule has 2 aromatic carbocycles. The maximum atomic E-state index is 12.6. The van der Waals surface area contributed by atoms with E-state index in [0.717, 1.165) is 25.0 Å². The van der Waals surface area contributed by atoms with Gasteiger partial charge in [-0.15, -0.1) is 0 Å². The number of carbonyl (C=O) groups is 1. The zero-order valence-corrected chi connectivity index (χ0v) is 16.7. The van der Waals surface area contributed by atoms with Gasteiger partial charge in [0, 0.05) is 0 Å². The molecule has 0 N–H and O–H groups in total. The van der Waals surface area contributed by atoms with Crippen molar-refractivity contribution in [3.05, 3.63) is 54.1 Å². The predicted octanol–water partition coefficient (Wildman–Crippen LogP) is 6.39. The van der Waals surface area contributed by atoms with Crippen LogP contribution in [0.3, 0.4) is 0 Å². The van der Waals surface area contributed by atoms with Crippen molar-refractivity contribution in [2.45, 2.75) is 58.4 Å². The molecule has 158 valence electrons. The Kier molecular flexibility index (Phi) is 7.93. The van der Waals surface area contributed by atoms with Crippen LogP contribution in [0.5, 0.6) is 17.2 Å². The smallest absolute Gasteiger partial charge is 0.416 e. The predicted molar refractivity (Wildman–Crippen MR) is 103 cm³/mol. The van der Waals surface area contributed by atoms with Crippen molar-refractivity contribution >= 4 is 5.97 Å². The number of halogens is 3. The monoisotopic (exact) mass is 410 g/mol. The lowest BCUT2D eigenvalue weighted by atomic mass is 10.1. The second-order valence-electron chi connectivity index (χ2n) is 6.83. The number of hydrogen-bond acceptors (Lipinski definition) is 4. The normalized spacial score (nSPS) is 12.5. The average Bonchev–Trinajstić information content (AvgIpc) is 2.65. The van der Waals surface area contributed by atoms with Crippen LogP contribution in [0.15, 0.2) is 48.5 Å². The first-order valence-corrected chi connectivity index (χ1v) is 9.51. The van der Waals surface area contributed by atoms with E-state index < -0.39 is 23.8 Å². The molecule has 2 rings (SSSR count). The quantitative estimate of drug-likeness (QED) is 0.450. The van der Waals surface area contributed by atoms with Crippen LogP contribution in [0.4, 0.5) is 13.2 Å². The van der Waals surface area contributed by atoms with E-state index in [2.05, 4.69) is 0 Å². The first kappa shape index (κ1) is 22.6. The highest BCUT2D eigenvalue weighted by atomic mass is 19.4. The third-order valence-corrected chi connectivity index (χ3v) is 3.95. The van der Waals surface area contributed by atoms with Crippen LogP contribution in [-0.2, 0) is 15.7 Å². The minimum Gasteiger partial charge on any atom is -0.479 e. The summed E-state index contributed by atoms with van der Waals surface area (Å²) in [5.41, 5.74) is -0.736. The summed E-state index contributed by atoms with van der Waals surface area (Å²) in [5.74, 6) is 0.796. The minimum atomic E-state index is -4.39. The van der Waals surface area contributed by atoms with Crippen LogP contribution in [0.1, 0.15) is 45.6 Å². The van der Waals surface area contributed by atoms with Crippen LogP contribution in [-0.4, -0.2) is 18.2 Å². The molecule has 2 aromatic rings. The molecule has 1 atom stereocenters. The fourth-order valence-electron chi connectivity index (χ4n) is 2.52. The third-order valence-electron chi connectivity index (χ3n) is 3.95. The molecule has 29 heavy (non-hydrogen) atoms. The zero-order chi connectivity index (χ0) is 21.4. The molecule has 0 aliphatic rings. The number of carbonyl (C=O) groups excluding carboxylic acids is 1. The van der Waals surface area contributed by atoms with Crippen LogP contribution in [0.2, 0.25) is 0 Å². The van der Waals surface area contributed by atoms with Crippen molar-refractivity contribution in [2.75, 3.05) is 0 Å². The zero-order valence-electron chi connectivity index (χ0n) is 16.7. The molecule has 7 heteroatoms. The Labute approximate surface area is 168 Å². The summed E-state index contributed by atoms with van der Waals surface area (Å²) in [4.78, 5) is 12.2. The Morgan fingerprint density at radius 3 is 1.93 bits per heavy atom. The molecule has 0 fully saturated rings. The number of benzene rings is 2. The summed E-state index contributed by atoms with van der Waals surface area (Å²) in [6, 6.07) is 11.0. The molecule has 0 aromatic heterocycles. The van der Waals surface area contributed by atoms with Crippen molar-refractivity contribution < 1.29 is 32.2 Å². The van der Waals surface area contributed by atoms with E-state index in [1.54, 1.807) is 38.1 Å². The number of rotatable bonds is 9. The van der Waals surface area contributed by atoms with Crippen LogP contribution in [0.25, 0.3) is 0 Å². The molecule has 0 spiro atoms. The molecule has 0 saturated heterocycles. The van der Waals surface area contributed by atoms with Crippen LogP contribution in [0, 0.1) is 0 Å². The first-order valence-electron chi connectivity index (χ1n) is 9.51. The second kappa shape index (κ2) is 10.2. The molecule has 0 amide bonds. The van der Waals surface area contributed by atoms with Crippen LogP contribution < -0.4 is 9.47 Å². The minimum absolute atomic E-state index is 0.227. The molecule has 0 radical (unpaired) electrons. The van der Waals surface area contributed by atoms with Crippen molar-refractivity contribution in [3.8, 4) is 17.2 Å². The summed E-state index contributed by atoms with van der Waals surface area (Å²) in [5, 5.41) is 0. The summed E-state index contributed by atoms with van der Waals surface area (Å²) in [6.45, 7) is 5.59. The van der Waals surface area contributed by atoms with Gasteiger partial charge in [-0.1, -0.05) is 13.3 Å². The van der Waals surface area contributed by atoms with Gasteiger partial charge < -0.3 is 14.2 Å². The highest BCUT2D eigenvalue weighted by Crippen LogP contribution is 2.31. The van der Waals surface area contributed by atoms with Gasteiger partial charge in [0.1, 0.15) is 17.2 Å². The topological polar surface area (TPSA) is 44.8 Å². The van der Waals surface area contributed by atoms with Crippen molar-refractivity contribution in [3.63, 3.8) is 0 Å². The summed E-state index contributed by atoms with van der Waals surface area (Å²) in [7, 11) is 0. The summed E-state index contributed by atoms with van der Waals surface area (Å²) in [6.07, 6.45) is -3.01. The van der Waals surface area contributed by atoms with Gasteiger partial charge in [-0.05, 0) is 75.2 Å². The highest BCUT2D eigenvalue weighted by Gasteiger charge is 2.30. The number of unbranched alkanes of at least 4 members (excludes halogenated alkanes) is 1. The van der Waals surface area contributed by atoms with Gasteiger partial charge in [0.05, 0.1) is 11.7 Å². The molecular weight excluding hydrogens is 385 g/mol. The standard InChI is InChI=1S/C22H25F3O4/c1-4-5-6-20(21(26)27-15(2)3)29-19-13-11-18(12-14-19)28-17-9-7-16(8-10-17)22(23,24)25/h7-15,20H,4-6H2,1-3H3. The Hall–Kier alpha value is -2.70. The van der Waals surface area contributed by atoms with Crippen LogP contribution >= 0.6 is 0 Å². The lowest BCUT2D eigenvalue weighted by Crippen LogP contribution is -2.31. The molecule has 0 saturated carbocycles. The summed E-state index contributed by atoms with van der Waals surface area (Å²) < 4.78 is 54.4. The van der Waals surface area contributed by atoms with Gasteiger partial charge in [0.2, 0.25) is 0 Å². The van der Waals surface area contributed by atoms with E-state index in [9.17, 15) is 18.0 Å². The van der Waals surface area contributed by atoms with Crippen molar-refractivity contribution in [2.24, 2.45) is 0 Å². The highest BCUT2D eigenvalue weighted by molar-refractivity contribution is 5.75. The molecule has 1 unspecified atom stereocenters. The Morgan fingerprint density at radius 1 is 0.931 bits per heavy atom. The third kappa shape index (κ3) is 7.33. The van der Waals surface area contributed by atoms with E-state index in [1.807, 2.05) is 6.92 Å². The van der Waals surface area contributed by atoms with Gasteiger partial charge in [0.15, 0.2) is 6.10 Å². The lowest BCUT2D eigenvalue weighted by molar-refractivity contribution is -0.156. The Morgan fingerprint density at radius 2 is 1.45 bits per heavy atom. The number of hydrogen-bond donors (Lipinski definition) is 0. The molecule has 0 heterocycles.